The highest BCUT2D eigenvalue weighted by molar-refractivity contribution is 5.97. The van der Waals surface area contributed by atoms with Crippen molar-refractivity contribution in [2.75, 3.05) is 19.7 Å². The average Bonchev–Trinajstić information content (AvgIpc) is 2.75. The van der Waals surface area contributed by atoms with E-state index in [1.165, 1.54) is 0 Å². The van der Waals surface area contributed by atoms with Crippen molar-refractivity contribution in [3.8, 4) is 5.75 Å². The molecule has 3 aromatic rings. The largest absolute Gasteiger partial charge is 0.494 e. The van der Waals surface area contributed by atoms with E-state index in [0.717, 1.165) is 22.7 Å². The number of hydrogen-bond donors (Lipinski definition) is 2. The van der Waals surface area contributed by atoms with Crippen LogP contribution in [0.2, 0.25) is 0 Å². The summed E-state index contributed by atoms with van der Waals surface area (Å²) in [6.45, 7) is 5.01. The van der Waals surface area contributed by atoms with Gasteiger partial charge in [-0.2, -0.15) is 0 Å². The number of carbonyl (C=O) groups excluding carboxylic acids is 2. The lowest BCUT2D eigenvalue weighted by atomic mass is 10.1. The minimum Gasteiger partial charge on any atom is -0.494 e. The maximum atomic E-state index is 12.3. The molecule has 0 unspecified atom stereocenters. The van der Waals surface area contributed by atoms with Crippen molar-refractivity contribution in [2.24, 2.45) is 0 Å². The first-order valence-corrected chi connectivity index (χ1v) is 10.0. The highest BCUT2D eigenvalue weighted by Crippen LogP contribution is 2.14. The molecule has 2 amide bonds. The third kappa shape index (κ3) is 6.01. The molecular weight excluding hydrogens is 380 g/mol. The van der Waals surface area contributed by atoms with Crippen LogP contribution in [0.1, 0.15) is 34.6 Å². The van der Waals surface area contributed by atoms with E-state index in [1.807, 2.05) is 44.2 Å². The Bertz CT molecular complexity index is 1020. The van der Waals surface area contributed by atoms with Crippen molar-refractivity contribution in [2.45, 2.75) is 26.7 Å². The summed E-state index contributed by atoms with van der Waals surface area (Å²) in [4.78, 5) is 33.2. The van der Waals surface area contributed by atoms with Gasteiger partial charge < -0.3 is 15.4 Å². The normalized spacial score (nSPS) is 10.6. The Kier molecular flexibility index (Phi) is 7.32. The molecule has 0 aliphatic carbocycles. The molecule has 0 saturated heterocycles. The van der Waals surface area contributed by atoms with E-state index in [2.05, 4.69) is 20.6 Å². The molecule has 0 spiro atoms. The molecule has 156 valence electrons. The van der Waals surface area contributed by atoms with E-state index >= 15 is 0 Å². The lowest BCUT2D eigenvalue weighted by Crippen LogP contribution is -2.34. The number of hydrogen-bond acceptors (Lipinski definition) is 5. The summed E-state index contributed by atoms with van der Waals surface area (Å²) >= 11 is 0. The number of amides is 2. The van der Waals surface area contributed by atoms with E-state index in [1.54, 1.807) is 18.2 Å². The van der Waals surface area contributed by atoms with Gasteiger partial charge in [-0.3, -0.25) is 9.59 Å². The van der Waals surface area contributed by atoms with Crippen molar-refractivity contribution in [3.63, 3.8) is 0 Å². The smallest absolute Gasteiger partial charge is 0.251 e. The van der Waals surface area contributed by atoms with Gasteiger partial charge in [0.05, 0.1) is 29.0 Å². The molecular formula is C23H26N4O3. The number of rotatable bonds is 9. The number of benzene rings is 2. The lowest BCUT2D eigenvalue weighted by molar-refractivity contribution is -0.121. The summed E-state index contributed by atoms with van der Waals surface area (Å²) in [7, 11) is 0. The van der Waals surface area contributed by atoms with Crippen LogP contribution >= 0.6 is 0 Å². The van der Waals surface area contributed by atoms with Gasteiger partial charge in [0.2, 0.25) is 5.91 Å². The van der Waals surface area contributed by atoms with E-state index < -0.39 is 0 Å². The molecule has 0 atom stereocenters. The first kappa shape index (κ1) is 21.2. The molecule has 2 aromatic carbocycles. The van der Waals surface area contributed by atoms with Crippen molar-refractivity contribution >= 4 is 22.8 Å². The first-order valence-electron chi connectivity index (χ1n) is 10.0. The minimum atomic E-state index is -0.206. The Balaban J connectivity index is 1.35. The maximum Gasteiger partial charge on any atom is 0.251 e. The highest BCUT2D eigenvalue weighted by atomic mass is 16.5. The fourth-order valence-electron chi connectivity index (χ4n) is 2.88. The van der Waals surface area contributed by atoms with Crippen LogP contribution in [0.5, 0.6) is 5.75 Å². The molecule has 0 aliphatic rings. The van der Waals surface area contributed by atoms with Gasteiger partial charge >= 0.3 is 0 Å². The van der Waals surface area contributed by atoms with E-state index in [4.69, 9.17) is 4.74 Å². The predicted octanol–water partition coefficient (Wildman–Crippen LogP) is 2.95. The monoisotopic (exact) mass is 406 g/mol. The third-order valence-corrected chi connectivity index (χ3v) is 4.63. The molecule has 0 bridgehead atoms. The van der Waals surface area contributed by atoms with Gasteiger partial charge in [0.25, 0.3) is 5.91 Å². The molecule has 1 aromatic heterocycles. The Hall–Kier alpha value is -3.48. The topological polar surface area (TPSA) is 93.2 Å². The number of aryl methyl sites for hydroxylation is 2. The summed E-state index contributed by atoms with van der Waals surface area (Å²) in [6.07, 6.45) is 1.01. The van der Waals surface area contributed by atoms with Crippen LogP contribution in [-0.4, -0.2) is 41.5 Å². The summed E-state index contributed by atoms with van der Waals surface area (Å²) < 4.78 is 5.56. The quantitative estimate of drug-likeness (QED) is 0.533. The van der Waals surface area contributed by atoms with E-state index in [-0.39, 0.29) is 11.8 Å². The predicted molar refractivity (Wildman–Crippen MR) is 116 cm³/mol. The van der Waals surface area contributed by atoms with Gasteiger partial charge in [0, 0.05) is 25.1 Å². The van der Waals surface area contributed by atoms with Crippen LogP contribution < -0.4 is 15.4 Å². The molecule has 7 nitrogen and oxygen atoms in total. The fraction of sp³-hybridized carbons (Fsp3) is 0.304. The number of ether oxygens (including phenoxy) is 1. The summed E-state index contributed by atoms with van der Waals surface area (Å²) in [6, 6.07) is 14.8. The molecule has 2 N–H and O–H groups in total. The van der Waals surface area contributed by atoms with Crippen molar-refractivity contribution in [1.29, 1.82) is 0 Å². The Morgan fingerprint density at radius 3 is 2.37 bits per heavy atom. The Morgan fingerprint density at radius 1 is 0.900 bits per heavy atom. The molecule has 0 fully saturated rings. The summed E-state index contributed by atoms with van der Waals surface area (Å²) in [5, 5.41) is 5.61. The Labute approximate surface area is 175 Å². The van der Waals surface area contributed by atoms with Gasteiger partial charge in [-0.05, 0) is 50.6 Å². The van der Waals surface area contributed by atoms with Crippen LogP contribution in [-0.2, 0) is 4.79 Å². The van der Waals surface area contributed by atoms with Crippen molar-refractivity contribution in [1.82, 2.24) is 20.6 Å². The van der Waals surface area contributed by atoms with Gasteiger partial charge in [0.1, 0.15) is 5.75 Å². The second-order valence-electron chi connectivity index (χ2n) is 6.97. The van der Waals surface area contributed by atoms with Gasteiger partial charge in [0.15, 0.2) is 0 Å². The van der Waals surface area contributed by atoms with Crippen LogP contribution in [0.4, 0.5) is 0 Å². The van der Waals surface area contributed by atoms with E-state index in [0.29, 0.717) is 43.6 Å². The molecule has 7 heteroatoms. The molecule has 0 aliphatic heterocycles. The summed E-state index contributed by atoms with van der Waals surface area (Å²) in [5.41, 5.74) is 3.69. The van der Waals surface area contributed by atoms with E-state index in [9.17, 15) is 9.59 Å². The third-order valence-electron chi connectivity index (χ3n) is 4.63. The number of para-hydroxylation sites is 1. The zero-order valence-electron chi connectivity index (χ0n) is 17.3. The first-order chi connectivity index (χ1) is 14.5. The molecule has 30 heavy (non-hydrogen) atoms. The molecule has 1 heterocycles. The lowest BCUT2D eigenvalue weighted by Gasteiger charge is -2.09. The van der Waals surface area contributed by atoms with Crippen LogP contribution in [0.15, 0.2) is 48.5 Å². The van der Waals surface area contributed by atoms with Crippen LogP contribution in [0, 0.1) is 13.8 Å². The standard InChI is InChI=1S/C23H26N4O3/c1-16-17(2)27-21-15-18(10-11-20(21)26-16)23(29)25-13-12-24-22(28)9-6-14-30-19-7-4-3-5-8-19/h3-5,7-8,10-11,15H,6,9,12-14H2,1-2H3,(H,24,28)(H,25,29). The van der Waals surface area contributed by atoms with Crippen molar-refractivity contribution in [3.05, 3.63) is 65.5 Å². The SMILES string of the molecule is Cc1nc2ccc(C(=O)NCCNC(=O)CCCOc3ccccc3)cc2nc1C. The fourth-order valence-corrected chi connectivity index (χ4v) is 2.88. The minimum absolute atomic E-state index is 0.0623. The molecule has 0 saturated carbocycles. The zero-order valence-corrected chi connectivity index (χ0v) is 17.3. The van der Waals surface area contributed by atoms with Crippen molar-refractivity contribution < 1.29 is 14.3 Å². The van der Waals surface area contributed by atoms with Gasteiger partial charge in [-0.1, -0.05) is 18.2 Å². The average molecular weight is 406 g/mol. The number of nitrogens with zero attached hydrogens (tertiary/aromatic N) is 2. The van der Waals surface area contributed by atoms with Gasteiger partial charge in [-0.25, -0.2) is 9.97 Å². The summed E-state index contributed by atoms with van der Waals surface area (Å²) in [5.74, 6) is 0.528. The van der Waals surface area contributed by atoms with Gasteiger partial charge in [-0.15, -0.1) is 0 Å². The van der Waals surface area contributed by atoms with Crippen LogP contribution in [0.25, 0.3) is 11.0 Å². The Morgan fingerprint density at radius 2 is 1.60 bits per heavy atom. The number of aromatic nitrogens is 2. The second-order valence-corrected chi connectivity index (χ2v) is 6.97. The molecule has 3 rings (SSSR count). The maximum absolute atomic E-state index is 12.3. The van der Waals surface area contributed by atoms with Crippen LogP contribution in [0.3, 0.4) is 0 Å². The number of nitrogens with one attached hydrogen (secondary N) is 2. The number of carbonyl (C=O) groups is 2. The highest BCUT2D eigenvalue weighted by Gasteiger charge is 2.09. The number of fused-ring (bicyclic) bond motifs is 1. The zero-order chi connectivity index (χ0) is 21.3. The molecule has 0 radical (unpaired) electrons. The second kappa shape index (κ2) is 10.3.